The summed E-state index contributed by atoms with van der Waals surface area (Å²) in [6.07, 6.45) is -3.98. The van der Waals surface area contributed by atoms with E-state index in [0.717, 1.165) is 11.1 Å². The number of nitrogens with one attached hydrogen (secondary N) is 1. The summed E-state index contributed by atoms with van der Waals surface area (Å²) in [5, 5.41) is 2.86. The molecule has 3 rings (SSSR count). The van der Waals surface area contributed by atoms with Crippen LogP contribution in [0.4, 0.5) is 13.2 Å². The number of hydrogen-bond acceptors (Lipinski definition) is 4. The second-order valence-electron chi connectivity index (χ2n) is 8.27. The zero-order chi connectivity index (χ0) is 24.4. The number of piperidine rings is 1. The summed E-state index contributed by atoms with van der Waals surface area (Å²) in [6.45, 7) is 6.00. The standard InChI is InChI=1S/C23H27F3N2O4S/c1-15-4-9-21(14-16(15)2)33(30,31)28-12-10-19(11-13-28)22(29)27-17(3)18-5-7-20(8-6-18)32-23(24,25)26/h4-9,14,17,19H,10-13H2,1-3H3,(H,27,29). The van der Waals surface area contributed by atoms with E-state index in [4.69, 9.17) is 0 Å². The zero-order valence-electron chi connectivity index (χ0n) is 18.6. The Bertz CT molecular complexity index is 1090. The Kier molecular flexibility index (Phi) is 7.38. The second-order valence-corrected chi connectivity index (χ2v) is 10.2. The van der Waals surface area contributed by atoms with Crippen LogP contribution in [0.3, 0.4) is 0 Å². The Labute approximate surface area is 191 Å². The molecule has 1 fully saturated rings. The van der Waals surface area contributed by atoms with Crippen LogP contribution >= 0.6 is 0 Å². The van der Waals surface area contributed by atoms with Crippen molar-refractivity contribution in [2.24, 2.45) is 5.92 Å². The van der Waals surface area contributed by atoms with Crippen LogP contribution in [0.2, 0.25) is 0 Å². The minimum absolute atomic E-state index is 0.207. The monoisotopic (exact) mass is 484 g/mol. The van der Waals surface area contributed by atoms with E-state index in [1.807, 2.05) is 13.8 Å². The van der Waals surface area contributed by atoms with Gasteiger partial charge in [0.2, 0.25) is 15.9 Å². The van der Waals surface area contributed by atoms with E-state index in [2.05, 4.69) is 10.1 Å². The smallest absolute Gasteiger partial charge is 0.406 e. The predicted octanol–water partition coefficient (Wildman–Crippen LogP) is 4.48. The Morgan fingerprint density at radius 3 is 2.21 bits per heavy atom. The van der Waals surface area contributed by atoms with E-state index in [9.17, 15) is 26.4 Å². The molecule has 2 aromatic rings. The lowest BCUT2D eigenvalue weighted by atomic mass is 9.96. The molecule has 0 bridgehead atoms. The van der Waals surface area contributed by atoms with Crippen molar-refractivity contribution >= 4 is 15.9 Å². The molecule has 1 amide bonds. The number of sulfonamides is 1. The van der Waals surface area contributed by atoms with Crippen molar-refractivity contribution < 1.29 is 31.1 Å². The molecule has 0 aliphatic carbocycles. The molecule has 1 unspecified atom stereocenters. The van der Waals surface area contributed by atoms with Crippen LogP contribution in [-0.4, -0.2) is 38.1 Å². The van der Waals surface area contributed by atoms with Crippen LogP contribution in [-0.2, 0) is 14.8 Å². The minimum Gasteiger partial charge on any atom is -0.406 e. The summed E-state index contributed by atoms with van der Waals surface area (Å²) in [5.41, 5.74) is 2.55. The van der Waals surface area contributed by atoms with Crippen LogP contribution in [0.1, 0.15) is 42.5 Å². The summed E-state index contributed by atoms with van der Waals surface area (Å²) in [4.78, 5) is 12.9. The van der Waals surface area contributed by atoms with Crippen molar-refractivity contribution in [1.82, 2.24) is 9.62 Å². The van der Waals surface area contributed by atoms with Crippen LogP contribution < -0.4 is 10.1 Å². The molecular weight excluding hydrogens is 457 g/mol. The summed E-state index contributed by atoms with van der Waals surface area (Å²) >= 11 is 0. The Morgan fingerprint density at radius 1 is 1.06 bits per heavy atom. The molecule has 10 heteroatoms. The average Bonchev–Trinajstić information content (AvgIpc) is 2.75. The van der Waals surface area contributed by atoms with Gasteiger partial charge < -0.3 is 10.1 Å². The highest BCUT2D eigenvalue weighted by molar-refractivity contribution is 7.89. The number of nitrogens with zero attached hydrogens (tertiary/aromatic N) is 1. The molecule has 1 saturated heterocycles. The molecule has 0 spiro atoms. The van der Waals surface area contributed by atoms with Crippen molar-refractivity contribution in [2.45, 2.75) is 50.9 Å². The number of hydrogen-bond donors (Lipinski definition) is 1. The van der Waals surface area contributed by atoms with Crippen molar-refractivity contribution in [3.63, 3.8) is 0 Å². The van der Waals surface area contributed by atoms with Gasteiger partial charge in [0.1, 0.15) is 5.75 Å². The number of alkyl halides is 3. The lowest BCUT2D eigenvalue weighted by molar-refractivity contribution is -0.274. The second kappa shape index (κ2) is 9.72. The lowest BCUT2D eigenvalue weighted by Crippen LogP contribution is -2.43. The number of carbonyl (C=O) groups excluding carboxylic acids is 1. The average molecular weight is 485 g/mol. The van der Waals surface area contributed by atoms with Gasteiger partial charge >= 0.3 is 6.36 Å². The predicted molar refractivity (Wildman–Crippen MR) is 117 cm³/mol. The van der Waals surface area contributed by atoms with Gasteiger partial charge in [-0.25, -0.2) is 8.42 Å². The highest BCUT2D eigenvalue weighted by atomic mass is 32.2. The van der Waals surface area contributed by atoms with Gasteiger partial charge in [-0.1, -0.05) is 18.2 Å². The third-order valence-electron chi connectivity index (χ3n) is 5.91. The molecule has 1 heterocycles. The van der Waals surface area contributed by atoms with Crippen LogP contribution in [0.5, 0.6) is 5.75 Å². The molecule has 0 saturated carbocycles. The zero-order valence-corrected chi connectivity index (χ0v) is 19.5. The molecular formula is C23H27F3N2O4S. The summed E-state index contributed by atoms with van der Waals surface area (Å²) in [6, 6.07) is 9.94. The summed E-state index contributed by atoms with van der Waals surface area (Å²) in [5.74, 6) is -0.880. The van der Waals surface area contributed by atoms with E-state index in [0.29, 0.717) is 18.4 Å². The highest BCUT2D eigenvalue weighted by Gasteiger charge is 2.33. The maximum Gasteiger partial charge on any atom is 0.573 e. The molecule has 2 aromatic carbocycles. The van der Waals surface area contributed by atoms with E-state index < -0.39 is 22.4 Å². The van der Waals surface area contributed by atoms with E-state index in [1.54, 1.807) is 25.1 Å². The number of halogens is 3. The van der Waals surface area contributed by atoms with Gasteiger partial charge in [0.25, 0.3) is 0 Å². The van der Waals surface area contributed by atoms with Crippen LogP contribution in [0.25, 0.3) is 0 Å². The van der Waals surface area contributed by atoms with Crippen LogP contribution in [0, 0.1) is 19.8 Å². The normalized spacial score (nSPS) is 16.9. The molecule has 0 aromatic heterocycles. The SMILES string of the molecule is Cc1ccc(S(=O)(=O)N2CCC(C(=O)NC(C)c3ccc(OC(F)(F)F)cc3)CC2)cc1C. The molecule has 6 nitrogen and oxygen atoms in total. The quantitative estimate of drug-likeness (QED) is 0.656. The van der Waals surface area contributed by atoms with E-state index in [-0.39, 0.29) is 35.6 Å². The Balaban J connectivity index is 1.56. The number of rotatable bonds is 6. The number of amides is 1. The molecule has 180 valence electrons. The topological polar surface area (TPSA) is 75.7 Å². The first-order valence-electron chi connectivity index (χ1n) is 10.6. The Morgan fingerprint density at radius 2 is 1.67 bits per heavy atom. The molecule has 1 atom stereocenters. The van der Waals surface area contributed by atoms with Gasteiger partial charge in [0.15, 0.2) is 0 Å². The number of benzene rings is 2. The number of aryl methyl sites for hydroxylation is 2. The molecule has 0 radical (unpaired) electrons. The van der Waals surface area contributed by atoms with Gasteiger partial charge in [-0.2, -0.15) is 4.31 Å². The van der Waals surface area contributed by atoms with Crippen molar-refractivity contribution in [3.05, 3.63) is 59.2 Å². The minimum atomic E-state index is -4.76. The lowest BCUT2D eigenvalue weighted by Gasteiger charge is -2.31. The molecule has 1 aliphatic heterocycles. The molecule has 33 heavy (non-hydrogen) atoms. The fourth-order valence-corrected chi connectivity index (χ4v) is 5.31. The van der Waals surface area contributed by atoms with Gasteiger partial charge in [-0.05, 0) is 74.6 Å². The first-order chi connectivity index (χ1) is 15.4. The van der Waals surface area contributed by atoms with Gasteiger partial charge in [-0.15, -0.1) is 13.2 Å². The molecule has 1 N–H and O–H groups in total. The van der Waals surface area contributed by atoms with Crippen molar-refractivity contribution in [3.8, 4) is 5.75 Å². The van der Waals surface area contributed by atoms with E-state index >= 15 is 0 Å². The third-order valence-corrected chi connectivity index (χ3v) is 7.81. The summed E-state index contributed by atoms with van der Waals surface area (Å²) < 4.78 is 68.0. The number of ether oxygens (including phenoxy) is 1. The van der Waals surface area contributed by atoms with Gasteiger partial charge in [-0.3, -0.25) is 4.79 Å². The largest absolute Gasteiger partial charge is 0.573 e. The number of carbonyl (C=O) groups is 1. The maximum absolute atomic E-state index is 12.9. The fourth-order valence-electron chi connectivity index (χ4n) is 3.75. The third kappa shape index (κ3) is 6.26. The Hall–Kier alpha value is -2.59. The maximum atomic E-state index is 12.9. The van der Waals surface area contributed by atoms with Gasteiger partial charge in [0.05, 0.1) is 10.9 Å². The summed E-state index contributed by atoms with van der Waals surface area (Å²) in [7, 11) is -3.62. The van der Waals surface area contributed by atoms with Crippen molar-refractivity contribution in [2.75, 3.05) is 13.1 Å². The first kappa shape index (κ1) is 25.0. The first-order valence-corrected chi connectivity index (χ1v) is 12.0. The fraction of sp³-hybridized carbons (Fsp3) is 0.435. The van der Waals surface area contributed by atoms with Crippen LogP contribution in [0.15, 0.2) is 47.4 Å². The van der Waals surface area contributed by atoms with Crippen molar-refractivity contribution in [1.29, 1.82) is 0 Å². The highest BCUT2D eigenvalue weighted by Crippen LogP contribution is 2.27. The molecule has 1 aliphatic rings. The van der Waals surface area contributed by atoms with Gasteiger partial charge in [0, 0.05) is 19.0 Å². The van der Waals surface area contributed by atoms with E-state index in [1.165, 1.54) is 28.6 Å².